The second kappa shape index (κ2) is 4.58. The molecule has 1 N–H and O–H groups in total. The Hall–Kier alpha value is -1.90. The largest absolute Gasteiger partial charge is 0.347 e. The molecular formula is C17H18FNO. The van der Waals surface area contributed by atoms with Gasteiger partial charge in [-0.25, -0.2) is 4.39 Å². The van der Waals surface area contributed by atoms with E-state index in [1.165, 1.54) is 6.07 Å². The van der Waals surface area contributed by atoms with Gasteiger partial charge in [0.2, 0.25) is 0 Å². The predicted octanol–water partition coefficient (Wildman–Crippen LogP) is 3.90. The molecule has 3 rings (SSSR count). The zero-order valence-electron chi connectivity index (χ0n) is 11.7. The van der Waals surface area contributed by atoms with Crippen molar-refractivity contribution < 1.29 is 9.18 Å². The van der Waals surface area contributed by atoms with Crippen LogP contribution in [0.4, 0.5) is 4.39 Å². The molecule has 1 saturated carbocycles. The van der Waals surface area contributed by atoms with Crippen molar-refractivity contribution in [3.63, 3.8) is 0 Å². The number of fused-ring (bicyclic) bond motifs is 1. The molecule has 0 heterocycles. The van der Waals surface area contributed by atoms with Crippen molar-refractivity contribution in [3.05, 3.63) is 47.8 Å². The Kier molecular flexibility index (Phi) is 3.00. The third-order valence-electron chi connectivity index (χ3n) is 4.15. The van der Waals surface area contributed by atoms with Crippen molar-refractivity contribution in [3.8, 4) is 0 Å². The lowest BCUT2D eigenvalue weighted by molar-refractivity contribution is 0.0905. The Bertz CT molecular complexity index is 674. The van der Waals surface area contributed by atoms with Gasteiger partial charge >= 0.3 is 0 Å². The summed E-state index contributed by atoms with van der Waals surface area (Å²) in [6.45, 7) is 4.10. The first-order valence-corrected chi connectivity index (χ1v) is 6.99. The second-order valence-corrected chi connectivity index (χ2v) is 6.09. The fraction of sp³-hybridized carbons (Fsp3) is 0.353. The summed E-state index contributed by atoms with van der Waals surface area (Å²) in [5, 5.41) is 4.24. The van der Waals surface area contributed by atoms with E-state index in [1.807, 2.05) is 19.9 Å². The van der Waals surface area contributed by atoms with Gasteiger partial charge in [0.25, 0.3) is 5.91 Å². The van der Waals surface area contributed by atoms with E-state index in [1.54, 1.807) is 24.3 Å². The lowest BCUT2D eigenvalue weighted by atomic mass is 9.97. The first kappa shape index (κ1) is 13.1. The van der Waals surface area contributed by atoms with Gasteiger partial charge < -0.3 is 5.32 Å². The first-order valence-electron chi connectivity index (χ1n) is 6.99. The van der Waals surface area contributed by atoms with E-state index in [2.05, 4.69) is 5.32 Å². The summed E-state index contributed by atoms with van der Waals surface area (Å²) < 4.78 is 13.8. The third kappa shape index (κ3) is 2.28. The van der Waals surface area contributed by atoms with Crippen LogP contribution in [0.2, 0.25) is 0 Å². The molecule has 0 aromatic heterocycles. The number of nitrogens with one attached hydrogen (secondary N) is 1. The maximum atomic E-state index is 13.8. The lowest BCUT2D eigenvalue weighted by Gasteiger charge is -2.26. The molecule has 1 amide bonds. The van der Waals surface area contributed by atoms with Crippen molar-refractivity contribution >= 4 is 16.7 Å². The van der Waals surface area contributed by atoms with Gasteiger partial charge in [-0.3, -0.25) is 4.79 Å². The van der Waals surface area contributed by atoms with E-state index in [0.717, 1.165) is 12.8 Å². The number of benzene rings is 2. The Balaban J connectivity index is 1.97. The molecule has 1 aliphatic carbocycles. The van der Waals surface area contributed by atoms with Crippen LogP contribution in [0, 0.1) is 11.7 Å². The van der Waals surface area contributed by atoms with Crippen molar-refractivity contribution in [2.24, 2.45) is 5.92 Å². The number of hydrogen-bond donors (Lipinski definition) is 1. The molecule has 0 unspecified atom stereocenters. The van der Waals surface area contributed by atoms with Crippen molar-refractivity contribution in [1.82, 2.24) is 5.32 Å². The SMILES string of the molecule is CC(C)(NC(=O)c1ccc(F)c2ccccc12)C1CC1. The molecule has 2 aromatic rings. The molecular weight excluding hydrogens is 253 g/mol. The van der Waals surface area contributed by atoms with Crippen molar-refractivity contribution in [2.45, 2.75) is 32.2 Å². The van der Waals surface area contributed by atoms with E-state index in [0.29, 0.717) is 22.3 Å². The molecule has 3 heteroatoms. The molecule has 0 spiro atoms. The normalized spacial score (nSPS) is 15.3. The average molecular weight is 271 g/mol. The van der Waals surface area contributed by atoms with Crippen LogP contribution >= 0.6 is 0 Å². The summed E-state index contributed by atoms with van der Waals surface area (Å²) in [6.07, 6.45) is 2.33. The van der Waals surface area contributed by atoms with E-state index in [4.69, 9.17) is 0 Å². The number of halogens is 1. The summed E-state index contributed by atoms with van der Waals surface area (Å²) in [5.41, 5.74) is 0.336. The summed E-state index contributed by atoms with van der Waals surface area (Å²) in [6, 6.07) is 10.0. The minimum Gasteiger partial charge on any atom is -0.347 e. The van der Waals surface area contributed by atoms with Gasteiger partial charge in [-0.15, -0.1) is 0 Å². The molecule has 1 fully saturated rings. The predicted molar refractivity (Wildman–Crippen MR) is 78.2 cm³/mol. The topological polar surface area (TPSA) is 29.1 Å². The zero-order chi connectivity index (χ0) is 14.3. The number of carbonyl (C=O) groups excluding carboxylic acids is 1. The van der Waals surface area contributed by atoms with E-state index >= 15 is 0 Å². The molecule has 0 atom stereocenters. The molecule has 1 aliphatic rings. The molecule has 0 bridgehead atoms. The molecule has 0 radical (unpaired) electrons. The standard InChI is InChI=1S/C17H18FNO/c1-17(2,11-7-8-11)19-16(20)14-9-10-15(18)13-6-4-3-5-12(13)14/h3-6,9-11H,7-8H2,1-2H3,(H,19,20). The summed E-state index contributed by atoms with van der Waals surface area (Å²) >= 11 is 0. The molecule has 2 aromatic carbocycles. The van der Waals surface area contributed by atoms with Gasteiger partial charge in [0.15, 0.2) is 0 Å². The molecule has 2 nitrogen and oxygen atoms in total. The fourth-order valence-electron chi connectivity index (χ4n) is 2.73. The highest BCUT2D eigenvalue weighted by Crippen LogP contribution is 2.39. The van der Waals surface area contributed by atoms with Crippen molar-refractivity contribution in [2.75, 3.05) is 0 Å². The van der Waals surface area contributed by atoms with Crippen LogP contribution in [0.5, 0.6) is 0 Å². The highest BCUT2D eigenvalue weighted by molar-refractivity contribution is 6.07. The van der Waals surface area contributed by atoms with Crippen molar-refractivity contribution in [1.29, 1.82) is 0 Å². The Labute approximate surface area is 118 Å². The van der Waals surface area contributed by atoms with Gasteiger partial charge in [0, 0.05) is 16.5 Å². The van der Waals surface area contributed by atoms with Crippen LogP contribution < -0.4 is 5.32 Å². The highest BCUT2D eigenvalue weighted by Gasteiger charge is 2.39. The number of rotatable bonds is 3. The summed E-state index contributed by atoms with van der Waals surface area (Å²) in [4.78, 5) is 12.5. The summed E-state index contributed by atoms with van der Waals surface area (Å²) in [5.74, 6) is 0.134. The molecule has 104 valence electrons. The van der Waals surface area contributed by atoms with Gasteiger partial charge in [0.1, 0.15) is 5.82 Å². The monoisotopic (exact) mass is 271 g/mol. The Morgan fingerprint density at radius 2 is 1.80 bits per heavy atom. The molecule has 0 saturated heterocycles. The van der Waals surface area contributed by atoms with Crippen LogP contribution in [0.3, 0.4) is 0 Å². The minimum atomic E-state index is -0.293. The van der Waals surface area contributed by atoms with Gasteiger partial charge in [-0.05, 0) is 50.1 Å². The van der Waals surface area contributed by atoms with Crippen LogP contribution in [-0.2, 0) is 0 Å². The smallest absolute Gasteiger partial charge is 0.252 e. The quantitative estimate of drug-likeness (QED) is 0.901. The van der Waals surface area contributed by atoms with Gasteiger partial charge in [-0.2, -0.15) is 0 Å². The van der Waals surface area contributed by atoms with E-state index < -0.39 is 0 Å². The van der Waals surface area contributed by atoms with E-state index in [9.17, 15) is 9.18 Å². The van der Waals surface area contributed by atoms with E-state index in [-0.39, 0.29) is 17.3 Å². The van der Waals surface area contributed by atoms with Gasteiger partial charge in [-0.1, -0.05) is 24.3 Å². The second-order valence-electron chi connectivity index (χ2n) is 6.09. The van der Waals surface area contributed by atoms with Gasteiger partial charge in [0.05, 0.1) is 0 Å². The lowest BCUT2D eigenvalue weighted by Crippen LogP contribution is -2.45. The third-order valence-corrected chi connectivity index (χ3v) is 4.15. The zero-order valence-corrected chi connectivity index (χ0v) is 11.7. The number of carbonyl (C=O) groups is 1. The average Bonchev–Trinajstić information content (AvgIpc) is 3.23. The maximum Gasteiger partial charge on any atom is 0.252 e. The Morgan fingerprint density at radius 3 is 2.45 bits per heavy atom. The maximum absolute atomic E-state index is 13.8. The molecule has 20 heavy (non-hydrogen) atoms. The first-order chi connectivity index (χ1) is 9.49. The minimum absolute atomic E-state index is 0.127. The van der Waals surface area contributed by atoms with Crippen LogP contribution in [0.25, 0.3) is 10.8 Å². The van der Waals surface area contributed by atoms with Crippen LogP contribution in [0.15, 0.2) is 36.4 Å². The van der Waals surface area contributed by atoms with Crippen LogP contribution in [0.1, 0.15) is 37.0 Å². The number of hydrogen-bond acceptors (Lipinski definition) is 1. The van der Waals surface area contributed by atoms with Crippen LogP contribution in [-0.4, -0.2) is 11.4 Å². The fourth-order valence-corrected chi connectivity index (χ4v) is 2.73. The number of amides is 1. The highest BCUT2D eigenvalue weighted by atomic mass is 19.1. The Morgan fingerprint density at radius 1 is 1.15 bits per heavy atom. The molecule has 0 aliphatic heterocycles. The summed E-state index contributed by atoms with van der Waals surface area (Å²) in [7, 11) is 0.